The Balaban J connectivity index is 2.98. The van der Waals surface area contributed by atoms with E-state index in [1.807, 2.05) is 6.92 Å². The molecular weight excluding hydrogens is 274 g/mol. The van der Waals surface area contributed by atoms with E-state index in [1.54, 1.807) is 24.3 Å². The first-order chi connectivity index (χ1) is 9.86. The quantitative estimate of drug-likeness (QED) is 0.644. The fourth-order valence-corrected chi connectivity index (χ4v) is 1.95. The third kappa shape index (κ3) is 4.68. The number of aryl methyl sites for hydroxylation is 1. The zero-order valence-electron chi connectivity index (χ0n) is 12.0. The van der Waals surface area contributed by atoms with E-state index in [4.69, 9.17) is 5.11 Å². The number of aliphatic hydroxyl groups excluding tert-OH is 1. The summed E-state index contributed by atoms with van der Waals surface area (Å²) >= 11 is 0. The van der Waals surface area contributed by atoms with E-state index in [0.29, 0.717) is 0 Å². The number of rotatable bonds is 7. The number of ketones is 1. The number of carbonyl (C=O) groups is 3. The van der Waals surface area contributed by atoms with Gasteiger partial charge in [-0.3, -0.25) is 9.59 Å². The number of nitrogens with one attached hydrogen (secondary N) is 1. The molecule has 0 spiro atoms. The monoisotopic (exact) mass is 293 g/mol. The molecule has 1 aromatic carbocycles. The molecule has 0 fully saturated rings. The first kappa shape index (κ1) is 16.8. The van der Waals surface area contributed by atoms with Crippen molar-refractivity contribution in [3.05, 3.63) is 35.4 Å². The first-order valence-corrected chi connectivity index (χ1v) is 6.68. The second-order valence-corrected chi connectivity index (χ2v) is 4.77. The highest BCUT2D eigenvalue weighted by molar-refractivity contribution is 6.04. The van der Waals surface area contributed by atoms with Crippen molar-refractivity contribution in [1.29, 1.82) is 0 Å². The summed E-state index contributed by atoms with van der Waals surface area (Å²) in [4.78, 5) is 34.2. The highest BCUT2D eigenvalue weighted by Gasteiger charge is 2.33. The average molecular weight is 293 g/mol. The van der Waals surface area contributed by atoms with Crippen molar-refractivity contribution >= 4 is 17.7 Å². The van der Waals surface area contributed by atoms with Crippen LogP contribution in [0.5, 0.6) is 0 Å². The summed E-state index contributed by atoms with van der Waals surface area (Å²) in [5.41, 5.74) is 1.30. The highest BCUT2D eigenvalue weighted by atomic mass is 16.4. The van der Waals surface area contributed by atoms with Gasteiger partial charge in [0.15, 0.2) is 11.9 Å². The van der Waals surface area contributed by atoms with Gasteiger partial charge in [-0.2, -0.15) is 0 Å². The molecule has 0 aliphatic heterocycles. The molecule has 21 heavy (non-hydrogen) atoms. The maximum atomic E-state index is 12.3. The standard InChI is InChI=1S/C15H19NO5/c1-3-4-10-5-7-11(8-6-10)13(18)12(16-9(2)17)14(19)15(20)21/h5-8,12,14,19H,3-4H2,1-2H3,(H,16,17)(H,20,21). The molecule has 0 bridgehead atoms. The number of aliphatic hydroxyl groups is 1. The summed E-state index contributed by atoms with van der Waals surface area (Å²) in [6, 6.07) is 5.17. The molecule has 3 N–H and O–H groups in total. The number of aliphatic carboxylic acids is 1. The Morgan fingerprint density at radius 1 is 1.19 bits per heavy atom. The topological polar surface area (TPSA) is 104 Å². The van der Waals surface area contributed by atoms with Gasteiger partial charge in [0.1, 0.15) is 6.04 Å². The van der Waals surface area contributed by atoms with Crippen LogP contribution in [0.4, 0.5) is 0 Å². The summed E-state index contributed by atoms with van der Waals surface area (Å²) in [6.45, 7) is 3.19. The van der Waals surface area contributed by atoms with Crippen LogP contribution in [0, 0.1) is 0 Å². The van der Waals surface area contributed by atoms with E-state index < -0.39 is 29.8 Å². The van der Waals surface area contributed by atoms with Crippen molar-refractivity contribution < 1.29 is 24.6 Å². The van der Waals surface area contributed by atoms with Crippen LogP contribution < -0.4 is 5.32 Å². The number of carbonyl (C=O) groups excluding carboxylic acids is 2. The van der Waals surface area contributed by atoms with Gasteiger partial charge in [-0.05, 0) is 12.0 Å². The van der Waals surface area contributed by atoms with E-state index in [1.165, 1.54) is 0 Å². The minimum absolute atomic E-state index is 0.244. The lowest BCUT2D eigenvalue weighted by Crippen LogP contribution is -2.51. The van der Waals surface area contributed by atoms with Gasteiger partial charge < -0.3 is 15.5 Å². The van der Waals surface area contributed by atoms with Gasteiger partial charge >= 0.3 is 5.97 Å². The Morgan fingerprint density at radius 2 is 1.76 bits per heavy atom. The van der Waals surface area contributed by atoms with Crippen molar-refractivity contribution in [2.24, 2.45) is 0 Å². The van der Waals surface area contributed by atoms with Crippen molar-refractivity contribution in [3.8, 4) is 0 Å². The molecule has 1 amide bonds. The van der Waals surface area contributed by atoms with Gasteiger partial charge in [-0.25, -0.2) is 4.79 Å². The second kappa shape index (κ2) is 7.54. The molecular formula is C15H19NO5. The molecule has 0 heterocycles. The van der Waals surface area contributed by atoms with Crippen molar-refractivity contribution in [2.75, 3.05) is 0 Å². The molecule has 6 nitrogen and oxygen atoms in total. The Morgan fingerprint density at radius 3 is 2.19 bits per heavy atom. The van der Waals surface area contributed by atoms with Crippen LogP contribution in [-0.2, 0) is 16.0 Å². The minimum atomic E-state index is -1.99. The van der Waals surface area contributed by atoms with E-state index in [-0.39, 0.29) is 5.56 Å². The van der Waals surface area contributed by atoms with Crippen molar-refractivity contribution in [3.63, 3.8) is 0 Å². The molecule has 0 saturated carbocycles. The fraction of sp³-hybridized carbons (Fsp3) is 0.400. The molecule has 0 aliphatic rings. The number of Topliss-reactive ketones (excluding diaryl/α,β-unsaturated/α-hetero) is 1. The molecule has 0 aromatic heterocycles. The van der Waals surface area contributed by atoms with Crippen molar-refractivity contribution in [1.82, 2.24) is 5.32 Å². The number of hydrogen-bond donors (Lipinski definition) is 3. The zero-order valence-corrected chi connectivity index (χ0v) is 12.0. The van der Waals surface area contributed by atoms with Crippen LogP contribution in [0.15, 0.2) is 24.3 Å². The average Bonchev–Trinajstić information content (AvgIpc) is 2.44. The molecule has 0 saturated heterocycles. The van der Waals surface area contributed by atoms with Gasteiger partial charge in [0.2, 0.25) is 5.91 Å². The number of benzene rings is 1. The minimum Gasteiger partial charge on any atom is -0.479 e. The van der Waals surface area contributed by atoms with Crippen LogP contribution in [0.3, 0.4) is 0 Å². The van der Waals surface area contributed by atoms with E-state index >= 15 is 0 Å². The first-order valence-electron chi connectivity index (χ1n) is 6.68. The Hall–Kier alpha value is -2.21. The lowest BCUT2D eigenvalue weighted by molar-refractivity contribution is -0.147. The summed E-state index contributed by atoms with van der Waals surface area (Å²) in [7, 11) is 0. The van der Waals surface area contributed by atoms with Gasteiger partial charge in [0.25, 0.3) is 0 Å². The third-order valence-electron chi connectivity index (χ3n) is 2.99. The van der Waals surface area contributed by atoms with E-state index in [2.05, 4.69) is 5.32 Å². The van der Waals surface area contributed by atoms with E-state index in [9.17, 15) is 19.5 Å². The van der Waals surface area contributed by atoms with E-state index in [0.717, 1.165) is 25.3 Å². The number of amides is 1. The fourth-order valence-electron chi connectivity index (χ4n) is 1.95. The Kier molecular flexibility index (Phi) is 6.05. The molecule has 2 atom stereocenters. The third-order valence-corrected chi connectivity index (χ3v) is 2.99. The number of carboxylic acids is 1. The zero-order chi connectivity index (χ0) is 16.0. The van der Waals surface area contributed by atoms with Crippen LogP contribution in [0.25, 0.3) is 0 Å². The number of hydrogen-bond acceptors (Lipinski definition) is 4. The molecule has 0 aliphatic carbocycles. The summed E-state index contributed by atoms with van der Waals surface area (Å²) < 4.78 is 0. The lowest BCUT2D eigenvalue weighted by Gasteiger charge is -2.19. The molecule has 6 heteroatoms. The van der Waals surface area contributed by atoms with Crippen molar-refractivity contribution in [2.45, 2.75) is 38.8 Å². The number of carboxylic acid groups (broad SMARTS) is 1. The Labute approximate surface area is 122 Å². The normalized spacial score (nSPS) is 13.3. The molecule has 1 aromatic rings. The molecule has 1 rings (SSSR count). The van der Waals surface area contributed by atoms with Gasteiger partial charge in [-0.1, -0.05) is 37.6 Å². The van der Waals surface area contributed by atoms with Gasteiger partial charge in [-0.15, -0.1) is 0 Å². The second-order valence-electron chi connectivity index (χ2n) is 4.77. The maximum absolute atomic E-state index is 12.3. The molecule has 114 valence electrons. The van der Waals surface area contributed by atoms with Gasteiger partial charge in [0, 0.05) is 12.5 Å². The maximum Gasteiger partial charge on any atom is 0.335 e. The summed E-state index contributed by atoms with van der Waals surface area (Å²) in [5.74, 6) is -2.79. The Bertz CT molecular complexity index is 523. The lowest BCUT2D eigenvalue weighted by atomic mass is 9.98. The smallest absolute Gasteiger partial charge is 0.335 e. The largest absolute Gasteiger partial charge is 0.479 e. The summed E-state index contributed by atoms with van der Waals surface area (Å²) in [5, 5.41) is 20.6. The van der Waals surface area contributed by atoms with Crippen LogP contribution >= 0.6 is 0 Å². The van der Waals surface area contributed by atoms with Crippen LogP contribution in [0.2, 0.25) is 0 Å². The molecule has 0 radical (unpaired) electrons. The molecule has 2 unspecified atom stereocenters. The predicted molar refractivity (Wildman–Crippen MR) is 76.0 cm³/mol. The predicted octanol–water partition coefficient (Wildman–Crippen LogP) is 0.772. The van der Waals surface area contributed by atoms with Gasteiger partial charge in [0.05, 0.1) is 0 Å². The SMILES string of the molecule is CCCc1ccc(C(=O)C(NC(C)=O)C(O)C(=O)O)cc1. The van der Waals surface area contributed by atoms with Crippen LogP contribution in [-0.4, -0.2) is 40.0 Å². The highest BCUT2D eigenvalue weighted by Crippen LogP contribution is 2.11. The summed E-state index contributed by atoms with van der Waals surface area (Å²) in [6.07, 6.45) is -0.141. The van der Waals surface area contributed by atoms with Crippen LogP contribution in [0.1, 0.15) is 36.2 Å².